The molecule has 2 nitrogen and oxygen atoms in total. The van der Waals surface area contributed by atoms with Gasteiger partial charge in [-0.2, -0.15) is 17.6 Å². The summed E-state index contributed by atoms with van der Waals surface area (Å²) in [4.78, 5) is 0. The highest BCUT2D eigenvalue weighted by Crippen LogP contribution is 2.39. The highest BCUT2D eigenvalue weighted by Gasteiger charge is 2.41. The van der Waals surface area contributed by atoms with Crippen LogP contribution in [0.2, 0.25) is 0 Å². The molecule has 0 atom stereocenters. The highest BCUT2D eigenvalue weighted by atomic mass is 19.3. The van der Waals surface area contributed by atoms with E-state index in [9.17, 15) is 39.5 Å². The van der Waals surface area contributed by atoms with E-state index < -0.39 is 63.9 Å². The molecular weight excluding hydrogens is 563 g/mol. The zero-order valence-corrected chi connectivity index (χ0v) is 21.1. The Labute approximate surface area is 228 Å². The smallest absolute Gasteiger partial charge is 0.432 e. The van der Waals surface area contributed by atoms with Crippen molar-refractivity contribution in [2.45, 2.75) is 25.9 Å². The Hall–Kier alpha value is -4.41. The summed E-state index contributed by atoms with van der Waals surface area (Å²) in [5, 5.41) is 0. The molecule has 4 aromatic carbocycles. The number of alkyl halides is 2. The van der Waals surface area contributed by atoms with Crippen molar-refractivity contribution in [1.82, 2.24) is 0 Å². The monoisotopic (exact) mass is 582 g/mol. The maximum absolute atomic E-state index is 15.0. The van der Waals surface area contributed by atoms with Gasteiger partial charge in [-0.25, -0.2) is 22.0 Å². The Morgan fingerprint density at radius 3 is 1.80 bits per heavy atom. The Morgan fingerprint density at radius 1 is 0.707 bits per heavy atom. The molecule has 0 aliphatic heterocycles. The third-order valence-electron chi connectivity index (χ3n) is 5.92. The van der Waals surface area contributed by atoms with Crippen LogP contribution in [0.4, 0.5) is 39.5 Å². The van der Waals surface area contributed by atoms with Gasteiger partial charge < -0.3 is 9.47 Å². The molecule has 4 aromatic rings. The predicted octanol–water partition coefficient (Wildman–Crippen LogP) is 9.91. The summed E-state index contributed by atoms with van der Waals surface area (Å²) in [6, 6.07) is 12.5. The van der Waals surface area contributed by atoms with Gasteiger partial charge >= 0.3 is 12.2 Å². The maximum atomic E-state index is 15.0. The first-order valence-corrected chi connectivity index (χ1v) is 12.0. The Bertz CT molecular complexity index is 1550. The van der Waals surface area contributed by atoms with Gasteiger partial charge in [0.15, 0.2) is 23.6 Å². The fourth-order valence-electron chi connectivity index (χ4n) is 4.10. The largest absolute Gasteiger partial charge is 0.453 e. The van der Waals surface area contributed by atoms with Crippen molar-refractivity contribution in [3.8, 4) is 33.8 Å². The first kappa shape index (κ1) is 29.6. The van der Waals surface area contributed by atoms with Gasteiger partial charge in [-0.1, -0.05) is 49.7 Å². The van der Waals surface area contributed by atoms with E-state index in [1.807, 2.05) is 19.1 Å². The van der Waals surface area contributed by atoms with Crippen LogP contribution in [0, 0.1) is 29.1 Å². The van der Waals surface area contributed by atoms with Crippen LogP contribution in [0.5, 0.6) is 11.5 Å². The molecule has 0 radical (unpaired) electrons. The average molecular weight is 582 g/mol. The fourth-order valence-corrected chi connectivity index (χ4v) is 4.10. The van der Waals surface area contributed by atoms with Gasteiger partial charge in [-0.05, 0) is 46.9 Å². The van der Waals surface area contributed by atoms with Gasteiger partial charge in [0.2, 0.25) is 0 Å². The zero-order valence-electron chi connectivity index (χ0n) is 21.1. The van der Waals surface area contributed by atoms with Crippen LogP contribution in [0.15, 0.2) is 79.1 Å². The van der Waals surface area contributed by atoms with E-state index in [1.165, 1.54) is 12.1 Å². The summed E-state index contributed by atoms with van der Waals surface area (Å²) in [5.74, 6) is -10.5. The number of ether oxygens (including phenoxy) is 2. The lowest BCUT2D eigenvalue weighted by molar-refractivity contribution is -0.189. The summed E-state index contributed by atoms with van der Waals surface area (Å²) >= 11 is 0. The molecule has 0 aliphatic rings. The lowest BCUT2D eigenvalue weighted by Gasteiger charge is -2.20. The molecule has 214 valence electrons. The summed E-state index contributed by atoms with van der Waals surface area (Å²) in [6.07, 6.45) is -5.69. The minimum Gasteiger partial charge on any atom is -0.453 e. The van der Waals surface area contributed by atoms with Crippen LogP contribution in [0.1, 0.15) is 24.5 Å². The van der Waals surface area contributed by atoms with E-state index in [-0.39, 0.29) is 24.0 Å². The van der Waals surface area contributed by atoms with Crippen LogP contribution in [-0.2, 0) is 12.5 Å². The molecule has 11 heteroatoms. The summed E-state index contributed by atoms with van der Waals surface area (Å²) in [5.41, 5.74) is -0.304. The number of aryl methyl sites for hydroxylation is 1. The van der Waals surface area contributed by atoms with Crippen LogP contribution < -0.4 is 9.47 Å². The molecule has 0 saturated carbocycles. The van der Waals surface area contributed by atoms with Crippen molar-refractivity contribution < 1.29 is 49.0 Å². The van der Waals surface area contributed by atoms with Crippen molar-refractivity contribution >= 4 is 0 Å². The third kappa shape index (κ3) is 6.67. The molecule has 0 bridgehead atoms. The molecule has 0 heterocycles. The van der Waals surface area contributed by atoms with Crippen LogP contribution in [-0.4, -0.2) is 0 Å². The fraction of sp³-hybridized carbons (Fsp3) is 0.133. The first-order chi connectivity index (χ1) is 19.4. The van der Waals surface area contributed by atoms with Crippen LogP contribution >= 0.6 is 0 Å². The van der Waals surface area contributed by atoms with Crippen molar-refractivity contribution in [3.05, 3.63) is 119 Å². The molecule has 0 aliphatic carbocycles. The zero-order chi connectivity index (χ0) is 29.9. The average Bonchev–Trinajstić information content (AvgIpc) is 2.87. The van der Waals surface area contributed by atoms with Gasteiger partial charge in [0, 0.05) is 17.7 Å². The van der Waals surface area contributed by atoms with Gasteiger partial charge in [0.25, 0.3) is 0 Å². The second-order valence-electron chi connectivity index (χ2n) is 8.82. The maximum Gasteiger partial charge on any atom is 0.432 e. The van der Waals surface area contributed by atoms with E-state index in [4.69, 9.17) is 0 Å². The lowest BCUT2D eigenvalue weighted by atomic mass is 9.97. The van der Waals surface area contributed by atoms with E-state index in [1.54, 1.807) is 12.1 Å². The summed E-state index contributed by atoms with van der Waals surface area (Å²) in [6.45, 7) is 2.03. The summed E-state index contributed by atoms with van der Waals surface area (Å²) < 4.78 is 135. The SMILES string of the molecule is CCCc1ccc(-c2ccc(-c3cc(F)c(C(F)(F)Oc4cc(F)c(OC=C(F)F)c(F)c4)c(F)c3)c(F)c2)cc1. The molecule has 0 saturated heterocycles. The number of hydrogen-bond acceptors (Lipinski definition) is 2. The third-order valence-corrected chi connectivity index (χ3v) is 5.92. The second kappa shape index (κ2) is 12.0. The topological polar surface area (TPSA) is 18.5 Å². The number of hydrogen-bond donors (Lipinski definition) is 0. The minimum absolute atomic E-state index is 0.148. The highest BCUT2D eigenvalue weighted by molar-refractivity contribution is 5.71. The van der Waals surface area contributed by atoms with Crippen molar-refractivity contribution in [2.24, 2.45) is 0 Å². The Kier molecular flexibility index (Phi) is 8.65. The Morgan fingerprint density at radius 2 is 1.27 bits per heavy atom. The minimum atomic E-state index is -4.80. The standard InChI is InChI=1S/C30H19F9O2/c1-2-3-16-4-6-17(7-5-16)18-8-9-21(22(31)10-18)19-11-23(32)28(24(33)12-19)30(38,39)41-20-13-25(34)29(26(35)14-20)40-15-27(36)37/h4-15H,2-3H2,1H3. The first-order valence-electron chi connectivity index (χ1n) is 12.0. The molecule has 4 rings (SSSR count). The van der Waals surface area contributed by atoms with Gasteiger partial charge in [0.05, 0.1) is 0 Å². The molecule has 0 N–H and O–H groups in total. The van der Waals surface area contributed by atoms with Crippen LogP contribution in [0.25, 0.3) is 22.3 Å². The van der Waals surface area contributed by atoms with E-state index >= 15 is 0 Å². The predicted molar refractivity (Wildman–Crippen MR) is 133 cm³/mol. The molecule has 0 aromatic heterocycles. The lowest BCUT2D eigenvalue weighted by Crippen LogP contribution is -2.25. The molecule has 0 amide bonds. The molecule has 0 fully saturated rings. The van der Waals surface area contributed by atoms with Crippen molar-refractivity contribution in [2.75, 3.05) is 0 Å². The van der Waals surface area contributed by atoms with E-state index in [0.29, 0.717) is 23.3 Å². The van der Waals surface area contributed by atoms with Gasteiger partial charge in [-0.15, -0.1) is 0 Å². The quantitative estimate of drug-likeness (QED) is 0.145. The molecule has 0 spiro atoms. The second-order valence-corrected chi connectivity index (χ2v) is 8.82. The molecular formula is C30H19F9O2. The van der Waals surface area contributed by atoms with Gasteiger partial charge in [-0.3, -0.25) is 0 Å². The van der Waals surface area contributed by atoms with Crippen LogP contribution in [0.3, 0.4) is 0 Å². The van der Waals surface area contributed by atoms with E-state index in [2.05, 4.69) is 9.47 Å². The Balaban J connectivity index is 1.60. The number of halogens is 9. The van der Waals surface area contributed by atoms with E-state index in [0.717, 1.165) is 24.5 Å². The molecule has 0 unspecified atom stereocenters. The normalized spacial score (nSPS) is 11.4. The van der Waals surface area contributed by atoms with Crippen molar-refractivity contribution in [3.63, 3.8) is 0 Å². The molecule has 41 heavy (non-hydrogen) atoms. The number of rotatable bonds is 9. The van der Waals surface area contributed by atoms with Gasteiger partial charge in [0.1, 0.15) is 28.8 Å². The number of benzene rings is 4. The summed E-state index contributed by atoms with van der Waals surface area (Å²) in [7, 11) is 0. The van der Waals surface area contributed by atoms with Crippen molar-refractivity contribution in [1.29, 1.82) is 0 Å².